The number of likely N-dealkylation sites (N-methyl/N-ethyl adjacent to an activating group) is 1. The summed E-state index contributed by atoms with van der Waals surface area (Å²) in [6, 6.07) is 19.3. The quantitative estimate of drug-likeness (QED) is 0.648. The van der Waals surface area contributed by atoms with Crippen molar-refractivity contribution in [3.63, 3.8) is 0 Å². The third-order valence-corrected chi connectivity index (χ3v) is 8.58. The number of hydrogen-bond donors (Lipinski definition) is 1. The number of piperazine rings is 1. The van der Waals surface area contributed by atoms with Crippen molar-refractivity contribution >= 4 is 40.6 Å². The SMILES string of the molecule is CC[NH+]1CCN(P(=O)(/C=C(\Cl)c2ccccc2)/C=C(/Cl)c2ccccc2)CC1. The van der Waals surface area contributed by atoms with Crippen molar-refractivity contribution in [3.8, 4) is 0 Å². The molecule has 1 fully saturated rings. The van der Waals surface area contributed by atoms with Crippen LogP contribution in [0.25, 0.3) is 10.1 Å². The molecule has 0 aliphatic carbocycles. The Hall–Kier alpha value is -1.35. The Bertz CT molecular complexity index is 816. The standard InChI is InChI=1S/C22H25Cl2N2OP/c1-2-25-13-15-26(16-14-25)28(27,17-21(23)19-9-5-3-6-10-19)18-22(24)20-11-7-4-8-12-20/h3-12,17-18H,2,13-16H2,1H3/p+1/b21-17-,22-18+. The van der Waals surface area contributed by atoms with Gasteiger partial charge in [0, 0.05) is 11.6 Å². The molecule has 6 heteroatoms. The van der Waals surface area contributed by atoms with Crippen LogP contribution in [0.5, 0.6) is 0 Å². The van der Waals surface area contributed by atoms with Gasteiger partial charge in [0.1, 0.15) is 0 Å². The molecule has 0 aromatic heterocycles. The van der Waals surface area contributed by atoms with Crippen LogP contribution in [-0.4, -0.2) is 37.4 Å². The van der Waals surface area contributed by atoms with Crippen LogP contribution in [-0.2, 0) is 4.57 Å². The lowest BCUT2D eigenvalue weighted by atomic mass is 10.2. The summed E-state index contributed by atoms with van der Waals surface area (Å²) < 4.78 is 16.2. The molecule has 1 heterocycles. The van der Waals surface area contributed by atoms with Gasteiger partial charge in [-0.2, -0.15) is 0 Å². The van der Waals surface area contributed by atoms with Crippen molar-refractivity contribution in [2.75, 3.05) is 32.7 Å². The molecule has 148 valence electrons. The minimum Gasteiger partial charge on any atom is -0.333 e. The highest BCUT2D eigenvalue weighted by molar-refractivity contribution is 7.68. The molecule has 0 radical (unpaired) electrons. The predicted molar refractivity (Wildman–Crippen MR) is 121 cm³/mol. The minimum absolute atomic E-state index is 0.489. The molecule has 1 saturated heterocycles. The zero-order valence-electron chi connectivity index (χ0n) is 16.0. The third-order valence-electron chi connectivity index (χ3n) is 5.08. The smallest absolute Gasteiger partial charge is 0.196 e. The molecule has 1 aliphatic rings. The normalized spacial score (nSPS) is 19.4. The molecule has 2 aromatic carbocycles. The van der Waals surface area contributed by atoms with Crippen LogP contribution in [0.1, 0.15) is 18.1 Å². The van der Waals surface area contributed by atoms with Gasteiger partial charge in [-0.1, -0.05) is 83.9 Å². The lowest BCUT2D eigenvalue weighted by Gasteiger charge is -2.34. The largest absolute Gasteiger partial charge is 0.333 e. The second kappa shape index (κ2) is 9.91. The van der Waals surface area contributed by atoms with Crippen molar-refractivity contribution in [1.29, 1.82) is 0 Å². The fraction of sp³-hybridized carbons (Fsp3) is 0.273. The highest BCUT2D eigenvalue weighted by Gasteiger charge is 2.32. The van der Waals surface area contributed by atoms with E-state index < -0.39 is 7.29 Å². The molecule has 28 heavy (non-hydrogen) atoms. The van der Waals surface area contributed by atoms with E-state index in [2.05, 4.69) is 6.92 Å². The van der Waals surface area contributed by atoms with Gasteiger partial charge in [-0.05, 0) is 18.1 Å². The van der Waals surface area contributed by atoms with E-state index in [1.54, 1.807) is 11.6 Å². The summed E-state index contributed by atoms with van der Waals surface area (Å²) >= 11 is 13.2. The molecule has 0 amide bonds. The molecule has 3 rings (SSSR count). The minimum atomic E-state index is -3.04. The van der Waals surface area contributed by atoms with Gasteiger partial charge < -0.3 is 4.90 Å². The predicted octanol–water partition coefficient (Wildman–Crippen LogP) is 4.96. The molecule has 1 aliphatic heterocycles. The highest BCUT2D eigenvalue weighted by Crippen LogP contribution is 2.56. The Morgan fingerprint density at radius 3 is 1.75 bits per heavy atom. The van der Waals surface area contributed by atoms with Crippen molar-refractivity contribution in [2.45, 2.75) is 6.92 Å². The number of nitrogens with one attached hydrogen (secondary N) is 1. The second-order valence-electron chi connectivity index (χ2n) is 6.92. The Morgan fingerprint density at radius 2 is 1.36 bits per heavy atom. The van der Waals surface area contributed by atoms with Gasteiger partial charge in [0.15, 0.2) is 7.29 Å². The summed E-state index contributed by atoms with van der Waals surface area (Å²) in [5.41, 5.74) is 1.71. The number of halogens is 2. The molecule has 2 aromatic rings. The first-order chi connectivity index (χ1) is 13.5. The Morgan fingerprint density at radius 1 is 0.929 bits per heavy atom. The zero-order chi connectivity index (χ0) is 20.0. The second-order valence-corrected chi connectivity index (χ2v) is 10.2. The van der Waals surface area contributed by atoms with Gasteiger partial charge in [-0.3, -0.25) is 4.57 Å². The third kappa shape index (κ3) is 5.37. The van der Waals surface area contributed by atoms with E-state index in [4.69, 9.17) is 23.2 Å². The number of quaternary nitrogens is 1. The van der Waals surface area contributed by atoms with Crippen LogP contribution in [0.15, 0.2) is 72.3 Å². The van der Waals surface area contributed by atoms with Crippen LogP contribution < -0.4 is 4.90 Å². The van der Waals surface area contributed by atoms with Gasteiger partial charge in [0.25, 0.3) is 0 Å². The van der Waals surface area contributed by atoms with E-state index in [0.717, 1.165) is 43.9 Å². The fourth-order valence-corrected chi connectivity index (χ4v) is 6.61. The molecule has 0 bridgehead atoms. The van der Waals surface area contributed by atoms with E-state index in [1.165, 1.54) is 4.90 Å². The molecule has 1 unspecified atom stereocenters. The maximum Gasteiger partial charge on any atom is 0.196 e. The maximum atomic E-state index is 14.1. The summed E-state index contributed by atoms with van der Waals surface area (Å²) in [6.45, 7) is 6.71. The van der Waals surface area contributed by atoms with Crippen LogP contribution in [0, 0.1) is 0 Å². The maximum absolute atomic E-state index is 14.1. The number of hydrogen-bond acceptors (Lipinski definition) is 1. The van der Waals surface area contributed by atoms with Gasteiger partial charge in [-0.25, -0.2) is 4.67 Å². The first-order valence-corrected chi connectivity index (χ1v) is 12.1. The van der Waals surface area contributed by atoms with Crippen molar-refractivity contribution in [2.24, 2.45) is 0 Å². The topological polar surface area (TPSA) is 24.8 Å². The molecular weight excluding hydrogens is 410 g/mol. The van der Waals surface area contributed by atoms with Crippen LogP contribution in [0.4, 0.5) is 0 Å². The van der Waals surface area contributed by atoms with Crippen molar-refractivity contribution in [1.82, 2.24) is 4.67 Å². The van der Waals surface area contributed by atoms with Crippen LogP contribution in [0.3, 0.4) is 0 Å². The number of benzene rings is 2. The Balaban J connectivity index is 1.97. The molecule has 0 saturated carbocycles. The molecule has 1 N–H and O–H groups in total. The summed E-state index contributed by atoms with van der Waals surface area (Å²) in [6.07, 6.45) is 0. The van der Waals surface area contributed by atoms with E-state index in [9.17, 15) is 4.57 Å². The van der Waals surface area contributed by atoms with Gasteiger partial charge in [-0.15, -0.1) is 0 Å². The zero-order valence-corrected chi connectivity index (χ0v) is 18.4. The van der Waals surface area contributed by atoms with Gasteiger partial charge >= 0.3 is 0 Å². The molecule has 0 spiro atoms. The highest BCUT2D eigenvalue weighted by atomic mass is 35.5. The number of rotatable bonds is 6. The molecular formula is C22H26Cl2N2OP+. The lowest BCUT2D eigenvalue weighted by molar-refractivity contribution is -0.901. The van der Waals surface area contributed by atoms with E-state index in [0.29, 0.717) is 10.1 Å². The first kappa shape index (κ1) is 21.4. The monoisotopic (exact) mass is 435 g/mol. The average Bonchev–Trinajstić information content (AvgIpc) is 2.75. The lowest BCUT2D eigenvalue weighted by Crippen LogP contribution is -3.14. The van der Waals surface area contributed by atoms with Crippen molar-refractivity contribution < 1.29 is 9.46 Å². The average molecular weight is 436 g/mol. The number of nitrogens with zero attached hydrogens (tertiary/aromatic N) is 1. The summed E-state index contributed by atoms with van der Waals surface area (Å²) in [7, 11) is -3.04. The van der Waals surface area contributed by atoms with Crippen LogP contribution >= 0.6 is 30.5 Å². The molecule has 1 atom stereocenters. The fourth-order valence-electron chi connectivity index (χ4n) is 3.35. The summed E-state index contributed by atoms with van der Waals surface area (Å²) in [4.78, 5) is 1.53. The van der Waals surface area contributed by atoms with E-state index in [1.807, 2.05) is 65.3 Å². The van der Waals surface area contributed by atoms with Crippen LogP contribution in [0.2, 0.25) is 0 Å². The van der Waals surface area contributed by atoms with Crippen molar-refractivity contribution in [3.05, 3.63) is 83.4 Å². The summed E-state index contributed by atoms with van der Waals surface area (Å²) in [5.74, 6) is 3.40. The Kier molecular flexibility index (Phi) is 7.56. The first-order valence-electron chi connectivity index (χ1n) is 9.58. The molecule has 3 nitrogen and oxygen atoms in total. The van der Waals surface area contributed by atoms with E-state index >= 15 is 0 Å². The Labute approximate surface area is 177 Å². The summed E-state index contributed by atoms with van der Waals surface area (Å²) in [5, 5.41) is 0.978. The van der Waals surface area contributed by atoms with Gasteiger partial charge in [0.05, 0.1) is 42.8 Å². The van der Waals surface area contributed by atoms with Gasteiger partial charge in [0.2, 0.25) is 0 Å². The van der Waals surface area contributed by atoms with E-state index in [-0.39, 0.29) is 0 Å².